The van der Waals surface area contributed by atoms with E-state index in [9.17, 15) is 4.39 Å². The fraction of sp³-hybridized carbons (Fsp3) is 0.538. The van der Waals surface area contributed by atoms with Gasteiger partial charge in [-0.3, -0.25) is 0 Å². The maximum absolute atomic E-state index is 13.0. The number of benzene rings is 1. The summed E-state index contributed by atoms with van der Waals surface area (Å²) in [4.78, 5) is 0. The molecule has 0 fully saturated rings. The summed E-state index contributed by atoms with van der Waals surface area (Å²) in [5.41, 5.74) is 7.14. The van der Waals surface area contributed by atoms with Crippen LogP contribution in [0.3, 0.4) is 0 Å². The lowest BCUT2D eigenvalue weighted by Gasteiger charge is -2.13. The molecule has 90 valence electrons. The van der Waals surface area contributed by atoms with Crippen LogP contribution in [0.25, 0.3) is 0 Å². The summed E-state index contributed by atoms with van der Waals surface area (Å²) < 4.78 is 13.5. The molecule has 2 N–H and O–H groups in total. The van der Waals surface area contributed by atoms with Gasteiger partial charge in [0.1, 0.15) is 5.82 Å². The molecule has 0 aliphatic carbocycles. The van der Waals surface area contributed by atoms with Crippen LogP contribution in [0.2, 0.25) is 0 Å². The van der Waals surface area contributed by atoms with Crippen LogP contribution in [0.1, 0.15) is 32.3 Å². The van der Waals surface area contributed by atoms with Gasteiger partial charge < -0.3 is 5.73 Å². The lowest BCUT2D eigenvalue weighted by Crippen LogP contribution is -2.22. The summed E-state index contributed by atoms with van der Waals surface area (Å²) in [6, 6.07) is 5.39. The Morgan fingerprint density at radius 3 is 2.62 bits per heavy atom. The Kier molecular flexibility index (Phi) is 5.42. The van der Waals surface area contributed by atoms with E-state index in [1.165, 1.54) is 6.07 Å². The van der Waals surface area contributed by atoms with Crippen LogP contribution in [-0.4, -0.2) is 6.04 Å². The van der Waals surface area contributed by atoms with Crippen molar-refractivity contribution in [2.24, 2.45) is 11.7 Å². The summed E-state index contributed by atoms with van der Waals surface area (Å²) in [7, 11) is 0. The third kappa shape index (κ3) is 4.62. The second kappa shape index (κ2) is 6.36. The van der Waals surface area contributed by atoms with Gasteiger partial charge in [0.2, 0.25) is 0 Å². The van der Waals surface area contributed by atoms with Crippen LogP contribution < -0.4 is 5.73 Å². The molecule has 0 bridgehead atoms. The van der Waals surface area contributed by atoms with Gasteiger partial charge in [0.25, 0.3) is 0 Å². The predicted molar refractivity (Wildman–Crippen MR) is 69.9 cm³/mol. The lowest BCUT2D eigenvalue weighted by atomic mass is 9.98. The van der Waals surface area contributed by atoms with Crippen LogP contribution in [0, 0.1) is 11.7 Å². The molecule has 1 rings (SSSR count). The molecule has 3 heteroatoms. The summed E-state index contributed by atoms with van der Waals surface area (Å²) in [5.74, 6) is 0.421. The third-order valence-electron chi connectivity index (χ3n) is 2.56. The molecule has 1 unspecified atom stereocenters. The van der Waals surface area contributed by atoms with Crippen molar-refractivity contribution in [1.82, 2.24) is 0 Å². The minimum atomic E-state index is -0.213. The molecule has 1 aromatic carbocycles. The van der Waals surface area contributed by atoms with Gasteiger partial charge in [0, 0.05) is 6.04 Å². The van der Waals surface area contributed by atoms with Gasteiger partial charge in [-0.25, -0.2) is 4.39 Å². The van der Waals surface area contributed by atoms with E-state index in [0.717, 1.165) is 24.8 Å². The number of aryl methyl sites for hydroxylation is 1. The zero-order valence-electron chi connectivity index (χ0n) is 9.84. The van der Waals surface area contributed by atoms with Crippen molar-refractivity contribution in [2.45, 2.75) is 39.2 Å². The maximum atomic E-state index is 13.0. The topological polar surface area (TPSA) is 26.0 Å². The lowest BCUT2D eigenvalue weighted by molar-refractivity contribution is 0.473. The minimum Gasteiger partial charge on any atom is -0.328 e. The van der Waals surface area contributed by atoms with E-state index >= 15 is 0 Å². The van der Waals surface area contributed by atoms with Crippen LogP contribution >= 0.6 is 15.9 Å². The molecule has 1 aromatic rings. The van der Waals surface area contributed by atoms with E-state index in [0.29, 0.717) is 10.4 Å². The van der Waals surface area contributed by atoms with E-state index in [1.807, 2.05) is 12.1 Å². The summed E-state index contributed by atoms with van der Waals surface area (Å²) >= 11 is 3.19. The first kappa shape index (κ1) is 13.7. The largest absolute Gasteiger partial charge is 0.328 e. The van der Waals surface area contributed by atoms with Crippen molar-refractivity contribution >= 4 is 15.9 Å². The van der Waals surface area contributed by atoms with E-state index in [1.54, 1.807) is 0 Å². The Labute approximate surface area is 105 Å². The molecule has 0 aliphatic rings. The first-order valence-corrected chi connectivity index (χ1v) is 6.48. The highest BCUT2D eigenvalue weighted by atomic mass is 79.9. The molecular formula is C13H19BrFN. The Hall–Kier alpha value is -0.410. The Morgan fingerprint density at radius 1 is 1.38 bits per heavy atom. The monoisotopic (exact) mass is 287 g/mol. The molecule has 0 heterocycles. The maximum Gasteiger partial charge on any atom is 0.137 e. The third-order valence-corrected chi connectivity index (χ3v) is 3.17. The molecule has 16 heavy (non-hydrogen) atoms. The minimum absolute atomic E-state index is 0.213. The van der Waals surface area contributed by atoms with Crippen LogP contribution in [0.5, 0.6) is 0 Å². The molecule has 0 saturated heterocycles. The van der Waals surface area contributed by atoms with Crippen molar-refractivity contribution in [1.29, 1.82) is 0 Å². The molecular weight excluding hydrogens is 269 g/mol. The average Bonchev–Trinajstić information content (AvgIpc) is 2.19. The number of hydrogen-bond donors (Lipinski definition) is 1. The van der Waals surface area contributed by atoms with E-state index in [2.05, 4.69) is 29.8 Å². The van der Waals surface area contributed by atoms with Gasteiger partial charge in [-0.1, -0.05) is 19.9 Å². The van der Waals surface area contributed by atoms with Crippen molar-refractivity contribution < 1.29 is 4.39 Å². The molecule has 0 amide bonds. The molecule has 0 saturated carbocycles. The first-order valence-electron chi connectivity index (χ1n) is 5.68. The van der Waals surface area contributed by atoms with Gasteiger partial charge in [0.05, 0.1) is 4.47 Å². The molecule has 1 atom stereocenters. The number of hydrogen-bond acceptors (Lipinski definition) is 1. The quantitative estimate of drug-likeness (QED) is 0.874. The normalized spacial score (nSPS) is 13.1. The first-order chi connectivity index (χ1) is 7.49. The van der Waals surface area contributed by atoms with Crippen molar-refractivity contribution in [3.8, 4) is 0 Å². The second-order valence-electron chi connectivity index (χ2n) is 4.68. The number of halogens is 2. The SMILES string of the molecule is CC(C)CC(N)CCc1ccc(F)c(Br)c1. The molecule has 0 radical (unpaired) electrons. The molecule has 1 nitrogen and oxygen atoms in total. The Morgan fingerprint density at radius 2 is 2.06 bits per heavy atom. The second-order valence-corrected chi connectivity index (χ2v) is 5.53. The number of nitrogens with two attached hydrogens (primary N) is 1. The summed E-state index contributed by atoms with van der Waals surface area (Å²) in [5, 5.41) is 0. The van der Waals surface area contributed by atoms with Gasteiger partial charge in [-0.15, -0.1) is 0 Å². The van der Waals surface area contributed by atoms with Crippen molar-refractivity contribution in [3.63, 3.8) is 0 Å². The predicted octanol–water partition coefficient (Wildman–Crippen LogP) is 3.89. The van der Waals surface area contributed by atoms with Crippen molar-refractivity contribution in [2.75, 3.05) is 0 Å². The van der Waals surface area contributed by atoms with Gasteiger partial charge in [-0.05, 0) is 58.8 Å². The highest BCUT2D eigenvalue weighted by molar-refractivity contribution is 9.10. The molecule has 0 aliphatic heterocycles. The Balaban J connectivity index is 2.45. The van der Waals surface area contributed by atoms with Crippen LogP contribution in [-0.2, 0) is 6.42 Å². The zero-order valence-corrected chi connectivity index (χ0v) is 11.4. The summed E-state index contributed by atoms with van der Waals surface area (Å²) in [6.45, 7) is 4.35. The van der Waals surface area contributed by atoms with E-state index < -0.39 is 0 Å². The van der Waals surface area contributed by atoms with Crippen molar-refractivity contribution in [3.05, 3.63) is 34.1 Å². The van der Waals surface area contributed by atoms with E-state index in [-0.39, 0.29) is 11.9 Å². The average molecular weight is 288 g/mol. The standard InChI is InChI=1S/C13H19BrFN/c1-9(2)7-11(16)5-3-10-4-6-13(15)12(14)8-10/h4,6,8-9,11H,3,5,7,16H2,1-2H3. The van der Waals surface area contributed by atoms with Crippen LogP contribution in [0.4, 0.5) is 4.39 Å². The molecule has 0 spiro atoms. The van der Waals surface area contributed by atoms with Crippen LogP contribution in [0.15, 0.2) is 22.7 Å². The zero-order chi connectivity index (χ0) is 12.1. The smallest absolute Gasteiger partial charge is 0.137 e. The van der Waals surface area contributed by atoms with Gasteiger partial charge >= 0.3 is 0 Å². The van der Waals surface area contributed by atoms with Gasteiger partial charge in [-0.2, -0.15) is 0 Å². The van der Waals surface area contributed by atoms with E-state index in [4.69, 9.17) is 5.73 Å². The summed E-state index contributed by atoms with van der Waals surface area (Å²) in [6.07, 6.45) is 2.91. The Bertz CT molecular complexity index is 339. The fourth-order valence-electron chi connectivity index (χ4n) is 1.77. The highest BCUT2D eigenvalue weighted by Gasteiger charge is 2.06. The number of rotatable bonds is 5. The highest BCUT2D eigenvalue weighted by Crippen LogP contribution is 2.18. The van der Waals surface area contributed by atoms with Gasteiger partial charge in [0.15, 0.2) is 0 Å². The fourth-order valence-corrected chi connectivity index (χ4v) is 2.20. The molecule has 0 aromatic heterocycles.